The number of aromatic hydroxyl groups is 1. The molecule has 6 heteroatoms. The number of nitrogens with zero attached hydrogens (tertiary/aromatic N) is 2. The predicted octanol–water partition coefficient (Wildman–Crippen LogP) is 3.99. The Bertz CT molecular complexity index is 874. The van der Waals surface area contributed by atoms with E-state index < -0.39 is 0 Å². The van der Waals surface area contributed by atoms with Crippen LogP contribution in [0.1, 0.15) is 19.7 Å². The number of benzene rings is 1. The summed E-state index contributed by atoms with van der Waals surface area (Å²) in [4.78, 5) is 12.4. The minimum absolute atomic E-state index is 0.0406. The van der Waals surface area contributed by atoms with Crippen molar-refractivity contribution >= 4 is 11.6 Å². The quantitative estimate of drug-likeness (QED) is 0.646. The predicted molar refractivity (Wildman–Crippen MR) is 101 cm³/mol. The van der Waals surface area contributed by atoms with Gasteiger partial charge in [0.2, 0.25) is 0 Å². The summed E-state index contributed by atoms with van der Waals surface area (Å²) in [6, 6.07) is 9.04. The minimum atomic E-state index is -0.177. The highest BCUT2D eigenvalue weighted by Gasteiger charge is 2.26. The topological polar surface area (TPSA) is 73.8 Å². The maximum Gasteiger partial charge on any atom is 0.134 e. The zero-order valence-electron chi connectivity index (χ0n) is 14.5. The Balaban J connectivity index is 2.18. The summed E-state index contributed by atoms with van der Waals surface area (Å²) in [7, 11) is 1.92. The number of hydrogen-bond acceptors (Lipinski definition) is 4. The van der Waals surface area contributed by atoms with Crippen molar-refractivity contribution in [1.82, 2.24) is 20.3 Å². The van der Waals surface area contributed by atoms with E-state index in [-0.39, 0.29) is 11.2 Å². The molecule has 0 spiro atoms. The van der Waals surface area contributed by atoms with Gasteiger partial charge in [-0.2, -0.15) is 0 Å². The fourth-order valence-electron chi connectivity index (χ4n) is 2.82. The monoisotopic (exact) mass is 356 g/mol. The number of hydrogen-bond donors (Lipinski definition) is 3. The third kappa shape index (κ3) is 3.52. The van der Waals surface area contributed by atoms with Crippen molar-refractivity contribution in [1.29, 1.82) is 0 Å². The summed E-state index contributed by atoms with van der Waals surface area (Å²) in [6.45, 7) is 5.03. The Morgan fingerprint density at radius 2 is 1.88 bits per heavy atom. The zero-order valence-corrected chi connectivity index (χ0v) is 15.2. The van der Waals surface area contributed by atoms with E-state index in [0.29, 0.717) is 5.02 Å². The second-order valence-corrected chi connectivity index (χ2v) is 7.03. The van der Waals surface area contributed by atoms with Crippen LogP contribution in [0.3, 0.4) is 0 Å². The van der Waals surface area contributed by atoms with E-state index in [9.17, 15) is 5.11 Å². The number of phenolic OH excluding ortho intramolecular Hbond substituents is 1. The zero-order chi connectivity index (χ0) is 18.0. The molecule has 25 heavy (non-hydrogen) atoms. The van der Waals surface area contributed by atoms with Gasteiger partial charge >= 0.3 is 0 Å². The fraction of sp³-hybridized carbons (Fsp3) is 0.263. The lowest BCUT2D eigenvalue weighted by atomic mass is 9.93. The molecule has 0 amide bonds. The molecule has 130 valence electrons. The van der Waals surface area contributed by atoms with Crippen molar-refractivity contribution in [3.05, 3.63) is 53.6 Å². The smallest absolute Gasteiger partial charge is 0.134 e. The number of aromatic nitrogens is 3. The van der Waals surface area contributed by atoms with Gasteiger partial charge in [0.1, 0.15) is 11.6 Å². The van der Waals surface area contributed by atoms with Crippen LogP contribution in [0.5, 0.6) is 5.75 Å². The van der Waals surface area contributed by atoms with E-state index in [4.69, 9.17) is 16.6 Å². The van der Waals surface area contributed by atoms with Crippen LogP contribution < -0.4 is 5.32 Å². The van der Waals surface area contributed by atoms with Crippen LogP contribution in [-0.4, -0.2) is 33.7 Å². The third-order valence-corrected chi connectivity index (χ3v) is 4.47. The summed E-state index contributed by atoms with van der Waals surface area (Å²) in [5.74, 6) is 0.914. The number of nitrogens with one attached hydrogen (secondary N) is 2. The van der Waals surface area contributed by atoms with E-state index in [0.717, 1.165) is 34.9 Å². The molecule has 0 aliphatic carbocycles. The summed E-state index contributed by atoms with van der Waals surface area (Å²) >= 11 is 5.95. The molecule has 3 rings (SSSR count). The molecule has 0 unspecified atom stereocenters. The van der Waals surface area contributed by atoms with Crippen LogP contribution in [0, 0.1) is 0 Å². The number of imidazole rings is 1. The van der Waals surface area contributed by atoms with Crippen molar-refractivity contribution in [3.63, 3.8) is 0 Å². The van der Waals surface area contributed by atoms with Gasteiger partial charge in [0.05, 0.1) is 16.4 Å². The van der Waals surface area contributed by atoms with Crippen LogP contribution in [0.4, 0.5) is 0 Å². The molecule has 2 aromatic heterocycles. The van der Waals surface area contributed by atoms with Crippen LogP contribution in [0.2, 0.25) is 5.02 Å². The number of H-pyrrole nitrogens is 1. The summed E-state index contributed by atoms with van der Waals surface area (Å²) in [5.41, 5.74) is 3.28. The molecule has 5 nitrogen and oxygen atoms in total. The number of likely N-dealkylation sites (N-methyl/N-ethyl adjacent to an activating group) is 1. The van der Waals surface area contributed by atoms with Crippen molar-refractivity contribution in [3.8, 4) is 28.3 Å². The van der Waals surface area contributed by atoms with Gasteiger partial charge < -0.3 is 15.4 Å². The highest BCUT2D eigenvalue weighted by atomic mass is 35.5. The van der Waals surface area contributed by atoms with E-state index in [1.807, 2.05) is 25.2 Å². The lowest BCUT2D eigenvalue weighted by Crippen LogP contribution is -2.31. The summed E-state index contributed by atoms with van der Waals surface area (Å²) in [6.07, 6.45) is 3.50. The Kier molecular flexibility index (Phi) is 4.79. The molecular formula is C19H21ClN4O. The Morgan fingerprint density at radius 1 is 1.16 bits per heavy atom. The molecule has 0 saturated heterocycles. The van der Waals surface area contributed by atoms with Gasteiger partial charge in [-0.15, -0.1) is 0 Å². The van der Waals surface area contributed by atoms with E-state index in [2.05, 4.69) is 29.1 Å². The van der Waals surface area contributed by atoms with Crippen LogP contribution in [0.15, 0.2) is 42.7 Å². The number of rotatable bonds is 5. The Hall–Kier alpha value is -2.37. The minimum Gasteiger partial charge on any atom is -0.506 e. The lowest BCUT2D eigenvalue weighted by molar-refractivity contribution is 0.469. The first-order valence-corrected chi connectivity index (χ1v) is 8.44. The van der Waals surface area contributed by atoms with Crippen LogP contribution >= 0.6 is 11.6 Å². The number of phenols is 1. The van der Waals surface area contributed by atoms with Gasteiger partial charge in [-0.25, -0.2) is 4.98 Å². The second-order valence-electron chi connectivity index (χ2n) is 6.63. The largest absolute Gasteiger partial charge is 0.506 e. The molecule has 0 radical (unpaired) electrons. The Morgan fingerprint density at radius 3 is 2.52 bits per heavy atom. The molecule has 3 N–H and O–H groups in total. The van der Waals surface area contributed by atoms with Gasteiger partial charge in [0.15, 0.2) is 0 Å². The molecule has 0 aliphatic rings. The summed E-state index contributed by atoms with van der Waals surface area (Å²) < 4.78 is 0. The van der Waals surface area contributed by atoms with Crippen LogP contribution in [0.25, 0.3) is 22.5 Å². The van der Waals surface area contributed by atoms with Crippen molar-refractivity contribution in [2.45, 2.75) is 19.3 Å². The summed E-state index contributed by atoms with van der Waals surface area (Å²) in [5, 5.41) is 13.5. The van der Waals surface area contributed by atoms with Crippen LogP contribution in [-0.2, 0) is 5.41 Å². The molecule has 1 aromatic carbocycles. The number of halogens is 1. The van der Waals surface area contributed by atoms with E-state index in [1.54, 1.807) is 24.5 Å². The maximum atomic E-state index is 9.98. The van der Waals surface area contributed by atoms with Crippen molar-refractivity contribution < 1.29 is 5.11 Å². The maximum absolute atomic E-state index is 9.98. The Labute approximate surface area is 152 Å². The second kappa shape index (κ2) is 6.86. The number of pyridine rings is 1. The molecule has 3 aromatic rings. The van der Waals surface area contributed by atoms with Crippen molar-refractivity contribution in [2.75, 3.05) is 13.6 Å². The highest BCUT2D eigenvalue weighted by molar-refractivity contribution is 6.32. The van der Waals surface area contributed by atoms with Gasteiger partial charge in [0, 0.05) is 35.5 Å². The molecule has 0 bridgehead atoms. The average Bonchev–Trinajstić information content (AvgIpc) is 3.04. The fourth-order valence-corrected chi connectivity index (χ4v) is 2.93. The lowest BCUT2D eigenvalue weighted by Gasteiger charge is -2.21. The average molecular weight is 357 g/mol. The molecule has 2 heterocycles. The standard InChI is InChI=1S/C19H21ClN4O/c1-19(2,11-21-3)18-23-16(12-6-8-22-9-7-12)17(24-18)13-4-5-14(20)15(25)10-13/h4-10,21,25H,11H2,1-3H3,(H,23,24). The van der Waals surface area contributed by atoms with E-state index in [1.165, 1.54) is 0 Å². The first kappa shape index (κ1) is 17.5. The van der Waals surface area contributed by atoms with Gasteiger partial charge in [-0.3, -0.25) is 4.98 Å². The van der Waals surface area contributed by atoms with Gasteiger partial charge in [-0.1, -0.05) is 31.5 Å². The first-order chi connectivity index (χ1) is 11.9. The first-order valence-electron chi connectivity index (χ1n) is 8.07. The van der Waals surface area contributed by atoms with Crippen molar-refractivity contribution in [2.24, 2.45) is 0 Å². The molecule has 0 aliphatic heterocycles. The highest BCUT2D eigenvalue weighted by Crippen LogP contribution is 2.36. The molecule has 0 fully saturated rings. The number of aromatic amines is 1. The third-order valence-electron chi connectivity index (χ3n) is 4.15. The SMILES string of the molecule is CNCC(C)(C)c1nc(-c2ccc(Cl)c(O)c2)c(-c2ccncc2)[nH]1. The molecule has 0 atom stereocenters. The molecule has 0 saturated carbocycles. The normalized spacial score (nSPS) is 11.7. The molecular weight excluding hydrogens is 336 g/mol. The van der Waals surface area contributed by atoms with Gasteiger partial charge in [-0.05, 0) is 31.3 Å². The van der Waals surface area contributed by atoms with E-state index >= 15 is 0 Å². The van der Waals surface area contributed by atoms with Gasteiger partial charge in [0.25, 0.3) is 0 Å².